The third kappa shape index (κ3) is 5.20. The molecule has 0 saturated carbocycles. The smallest absolute Gasteiger partial charge is 0.242 e. The van der Waals surface area contributed by atoms with E-state index in [1.165, 1.54) is 0 Å². The van der Waals surface area contributed by atoms with Gasteiger partial charge in [-0.15, -0.1) is 0 Å². The van der Waals surface area contributed by atoms with E-state index in [2.05, 4.69) is 23.9 Å². The molecule has 1 rings (SSSR count). The van der Waals surface area contributed by atoms with Gasteiger partial charge in [-0.1, -0.05) is 26.0 Å². The normalized spacial score (nSPS) is 12.1. The van der Waals surface area contributed by atoms with Gasteiger partial charge in [0.05, 0.1) is 5.69 Å². The zero-order valence-electron chi connectivity index (χ0n) is 12.1. The molecule has 1 aromatic carbocycles. The number of sulfonamides is 1. The van der Waals surface area contributed by atoms with Crippen LogP contribution in [0, 0.1) is 5.92 Å². The lowest BCUT2D eigenvalue weighted by molar-refractivity contribution is 0.570. The summed E-state index contributed by atoms with van der Waals surface area (Å²) in [6.07, 6.45) is 1.01. The molecule has 0 spiro atoms. The molecule has 108 valence electrons. The highest BCUT2D eigenvalue weighted by atomic mass is 32.2. The Bertz CT molecular complexity index is 496. The number of para-hydroxylation sites is 1. The van der Waals surface area contributed by atoms with Crippen molar-refractivity contribution in [2.45, 2.75) is 45.1 Å². The molecule has 0 bridgehead atoms. The third-order valence-electron chi connectivity index (χ3n) is 2.60. The molecule has 0 heterocycles. The van der Waals surface area contributed by atoms with E-state index in [1.807, 2.05) is 19.9 Å². The average Bonchev–Trinajstić information content (AvgIpc) is 2.27. The minimum absolute atomic E-state index is 0.117. The molecule has 0 saturated heterocycles. The van der Waals surface area contributed by atoms with Gasteiger partial charge in [-0.3, -0.25) is 0 Å². The van der Waals surface area contributed by atoms with Crippen LogP contribution in [0.1, 0.15) is 34.1 Å². The second-order valence-corrected chi connectivity index (χ2v) is 7.06. The van der Waals surface area contributed by atoms with Crippen LogP contribution in [-0.2, 0) is 10.0 Å². The zero-order chi connectivity index (χ0) is 14.5. The van der Waals surface area contributed by atoms with E-state index in [0.29, 0.717) is 16.5 Å². The van der Waals surface area contributed by atoms with Crippen molar-refractivity contribution in [1.82, 2.24) is 4.72 Å². The molecule has 0 amide bonds. The van der Waals surface area contributed by atoms with Gasteiger partial charge in [0.2, 0.25) is 10.0 Å². The molecular weight excluding hydrogens is 260 g/mol. The van der Waals surface area contributed by atoms with E-state index < -0.39 is 10.0 Å². The zero-order valence-corrected chi connectivity index (χ0v) is 12.9. The third-order valence-corrected chi connectivity index (χ3v) is 4.32. The maximum Gasteiger partial charge on any atom is 0.242 e. The quantitative estimate of drug-likeness (QED) is 0.809. The summed E-state index contributed by atoms with van der Waals surface area (Å²) in [6.45, 7) is 8.68. The Hall–Kier alpha value is -1.07. The van der Waals surface area contributed by atoms with Crippen LogP contribution in [0.25, 0.3) is 0 Å². The Morgan fingerprint density at radius 2 is 1.74 bits per heavy atom. The van der Waals surface area contributed by atoms with Crippen LogP contribution < -0.4 is 10.0 Å². The minimum Gasteiger partial charge on any atom is -0.384 e. The van der Waals surface area contributed by atoms with Crippen molar-refractivity contribution >= 4 is 15.7 Å². The van der Waals surface area contributed by atoms with Crippen LogP contribution in [0.15, 0.2) is 29.2 Å². The number of hydrogen-bond acceptors (Lipinski definition) is 3. The summed E-state index contributed by atoms with van der Waals surface area (Å²) in [6, 6.07) is 6.89. The molecule has 2 N–H and O–H groups in total. The number of hydrogen-bond donors (Lipinski definition) is 2. The first-order valence-corrected chi connectivity index (χ1v) is 8.16. The van der Waals surface area contributed by atoms with Crippen LogP contribution in [0.2, 0.25) is 0 Å². The fourth-order valence-electron chi connectivity index (χ4n) is 1.72. The molecule has 19 heavy (non-hydrogen) atoms. The largest absolute Gasteiger partial charge is 0.384 e. The highest BCUT2D eigenvalue weighted by Gasteiger charge is 2.18. The Kier molecular flexibility index (Phi) is 5.82. The number of benzene rings is 1. The Labute approximate surface area is 116 Å². The van der Waals surface area contributed by atoms with Crippen LogP contribution in [0.3, 0.4) is 0 Å². The maximum absolute atomic E-state index is 12.2. The molecule has 0 atom stereocenters. The maximum atomic E-state index is 12.2. The van der Waals surface area contributed by atoms with Crippen LogP contribution in [-0.4, -0.2) is 21.0 Å². The average molecular weight is 284 g/mol. The number of rotatable bonds is 7. The lowest BCUT2D eigenvalue weighted by atomic mass is 10.1. The summed E-state index contributed by atoms with van der Waals surface area (Å²) in [5.41, 5.74) is 0.663. The first kappa shape index (κ1) is 16.0. The SMILES string of the molecule is CC(C)CCNc1ccccc1S(=O)(=O)NC(C)C. The fraction of sp³-hybridized carbons (Fsp3) is 0.571. The molecule has 0 aliphatic carbocycles. The van der Waals surface area contributed by atoms with E-state index in [4.69, 9.17) is 0 Å². The molecule has 1 aromatic rings. The summed E-state index contributed by atoms with van der Waals surface area (Å²) in [4.78, 5) is 0.312. The van der Waals surface area contributed by atoms with Crippen molar-refractivity contribution in [3.8, 4) is 0 Å². The number of nitrogens with one attached hydrogen (secondary N) is 2. The lowest BCUT2D eigenvalue weighted by Gasteiger charge is -2.15. The van der Waals surface area contributed by atoms with E-state index in [-0.39, 0.29) is 6.04 Å². The summed E-state index contributed by atoms with van der Waals surface area (Å²) < 4.78 is 27.0. The molecule has 0 unspecified atom stereocenters. The molecule has 5 heteroatoms. The fourth-order valence-corrected chi connectivity index (χ4v) is 3.15. The Morgan fingerprint density at radius 1 is 1.11 bits per heavy atom. The highest BCUT2D eigenvalue weighted by Crippen LogP contribution is 2.21. The van der Waals surface area contributed by atoms with Crippen LogP contribution in [0.5, 0.6) is 0 Å². The van der Waals surface area contributed by atoms with Gasteiger partial charge >= 0.3 is 0 Å². The van der Waals surface area contributed by atoms with Gasteiger partial charge in [0.1, 0.15) is 4.90 Å². The molecule has 0 aromatic heterocycles. The summed E-state index contributed by atoms with van der Waals surface area (Å²) in [5, 5.41) is 3.20. The Balaban J connectivity index is 2.89. The molecular formula is C14H24N2O2S. The van der Waals surface area contributed by atoms with E-state index in [0.717, 1.165) is 13.0 Å². The number of anilines is 1. The van der Waals surface area contributed by atoms with Crippen molar-refractivity contribution in [3.05, 3.63) is 24.3 Å². The van der Waals surface area contributed by atoms with Gasteiger partial charge in [0.25, 0.3) is 0 Å². The van der Waals surface area contributed by atoms with Crippen molar-refractivity contribution in [3.63, 3.8) is 0 Å². The van der Waals surface area contributed by atoms with Crippen LogP contribution >= 0.6 is 0 Å². The summed E-state index contributed by atoms with van der Waals surface area (Å²) >= 11 is 0. The van der Waals surface area contributed by atoms with Crippen LogP contribution in [0.4, 0.5) is 5.69 Å². The van der Waals surface area contributed by atoms with E-state index in [9.17, 15) is 8.42 Å². The molecule has 0 aliphatic rings. The van der Waals surface area contributed by atoms with Gasteiger partial charge in [0.15, 0.2) is 0 Å². The van der Waals surface area contributed by atoms with Crippen molar-refractivity contribution in [2.24, 2.45) is 5.92 Å². The standard InChI is InChI=1S/C14H24N2O2S/c1-11(2)9-10-15-13-7-5-6-8-14(13)19(17,18)16-12(3)4/h5-8,11-12,15-16H,9-10H2,1-4H3. The van der Waals surface area contributed by atoms with Gasteiger partial charge < -0.3 is 5.32 Å². The molecule has 0 fully saturated rings. The van der Waals surface area contributed by atoms with Crippen molar-refractivity contribution in [1.29, 1.82) is 0 Å². The first-order chi connectivity index (χ1) is 8.83. The summed E-state index contributed by atoms with van der Waals surface area (Å²) in [5.74, 6) is 0.588. The minimum atomic E-state index is -3.45. The lowest BCUT2D eigenvalue weighted by Crippen LogP contribution is -2.30. The van der Waals surface area contributed by atoms with Crippen molar-refractivity contribution < 1.29 is 8.42 Å². The van der Waals surface area contributed by atoms with Crippen molar-refractivity contribution in [2.75, 3.05) is 11.9 Å². The topological polar surface area (TPSA) is 58.2 Å². The second-order valence-electron chi connectivity index (χ2n) is 5.38. The first-order valence-electron chi connectivity index (χ1n) is 6.68. The van der Waals surface area contributed by atoms with E-state index >= 15 is 0 Å². The van der Waals surface area contributed by atoms with Gasteiger partial charge in [0, 0.05) is 12.6 Å². The Morgan fingerprint density at radius 3 is 2.32 bits per heavy atom. The van der Waals surface area contributed by atoms with Gasteiger partial charge in [-0.25, -0.2) is 13.1 Å². The predicted octanol–water partition coefficient (Wildman–Crippen LogP) is 2.83. The van der Waals surface area contributed by atoms with Gasteiger partial charge in [-0.2, -0.15) is 0 Å². The second kappa shape index (κ2) is 6.91. The summed E-state index contributed by atoms with van der Waals surface area (Å²) in [7, 11) is -3.45. The molecule has 0 radical (unpaired) electrons. The monoisotopic (exact) mass is 284 g/mol. The van der Waals surface area contributed by atoms with Gasteiger partial charge in [-0.05, 0) is 38.3 Å². The highest BCUT2D eigenvalue weighted by molar-refractivity contribution is 7.89. The van der Waals surface area contributed by atoms with E-state index in [1.54, 1.807) is 18.2 Å². The predicted molar refractivity (Wildman–Crippen MR) is 79.8 cm³/mol. The molecule has 4 nitrogen and oxygen atoms in total. The molecule has 0 aliphatic heterocycles.